The molecule has 25 heavy (non-hydrogen) atoms. The zero-order valence-electron chi connectivity index (χ0n) is 14.4. The molecule has 2 heterocycles. The molecule has 3 aliphatic rings. The summed E-state index contributed by atoms with van der Waals surface area (Å²) in [7, 11) is 0. The number of piperidine rings is 1. The lowest BCUT2D eigenvalue weighted by molar-refractivity contribution is -0.128. The number of carbonyl (C=O) groups is 1. The van der Waals surface area contributed by atoms with Gasteiger partial charge in [-0.2, -0.15) is 0 Å². The molecule has 0 spiro atoms. The van der Waals surface area contributed by atoms with Gasteiger partial charge in [-0.05, 0) is 56.7 Å². The number of rotatable bonds is 5. The van der Waals surface area contributed by atoms with Crippen molar-refractivity contribution in [3.8, 4) is 0 Å². The largest absolute Gasteiger partial charge is 0.345 e. The number of amides is 1. The van der Waals surface area contributed by atoms with E-state index >= 15 is 0 Å². The van der Waals surface area contributed by atoms with E-state index in [0.29, 0.717) is 0 Å². The van der Waals surface area contributed by atoms with E-state index in [1.807, 2.05) is 18.2 Å². The fourth-order valence-electron chi connectivity index (χ4n) is 3.69. The molecule has 0 unspecified atom stereocenters. The van der Waals surface area contributed by atoms with Gasteiger partial charge in [-0.25, -0.2) is 0 Å². The van der Waals surface area contributed by atoms with E-state index in [-0.39, 0.29) is 48.2 Å². The van der Waals surface area contributed by atoms with Gasteiger partial charge >= 0.3 is 0 Å². The summed E-state index contributed by atoms with van der Waals surface area (Å²) in [5.41, 5.74) is 7.00. The van der Waals surface area contributed by atoms with E-state index in [2.05, 4.69) is 15.2 Å². The molecule has 3 N–H and O–H groups in total. The second-order valence-corrected chi connectivity index (χ2v) is 7.55. The molecule has 1 amide bonds. The van der Waals surface area contributed by atoms with Crippen molar-refractivity contribution in [1.29, 1.82) is 0 Å². The number of nitrogens with one attached hydrogen (secondary N) is 1. The van der Waals surface area contributed by atoms with Crippen molar-refractivity contribution >= 4 is 30.7 Å². The van der Waals surface area contributed by atoms with Gasteiger partial charge in [0.15, 0.2) is 0 Å². The summed E-state index contributed by atoms with van der Waals surface area (Å²) in [6.07, 6.45) is 7.37. The van der Waals surface area contributed by atoms with E-state index in [0.717, 1.165) is 50.5 Å². The molecular weight excluding hydrogens is 359 g/mol. The topological polar surface area (TPSA) is 71.2 Å². The molecule has 5 nitrogen and oxygen atoms in total. The van der Waals surface area contributed by atoms with Gasteiger partial charge < -0.3 is 16.0 Å². The monoisotopic (exact) mass is 386 g/mol. The lowest BCUT2D eigenvalue weighted by Crippen LogP contribution is -2.54. The molecular formula is C18H28Cl2N4O. The van der Waals surface area contributed by atoms with Crippen molar-refractivity contribution in [3.63, 3.8) is 0 Å². The maximum Gasteiger partial charge on any atom is 0.226 e. The summed E-state index contributed by atoms with van der Waals surface area (Å²) >= 11 is 0. The normalized spacial score (nSPS) is 27.6. The first kappa shape index (κ1) is 20.4. The zero-order valence-corrected chi connectivity index (χ0v) is 16.0. The molecule has 2 aliphatic carbocycles. The van der Waals surface area contributed by atoms with Crippen LogP contribution in [-0.4, -0.2) is 41.5 Å². The second kappa shape index (κ2) is 8.21. The lowest BCUT2D eigenvalue weighted by atomic mass is 9.91. The molecule has 7 heteroatoms. The molecule has 1 aromatic rings. The van der Waals surface area contributed by atoms with E-state index in [4.69, 9.17) is 5.73 Å². The van der Waals surface area contributed by atoms with Crippen molar-refractivity contribution in [2.45, 2.75) is 43.7 Å². The van der Waals surface area contributed by atoms with Crippen molar-refractivity contribution in [3.05, 3.63) is 30.1 Å². The number of nitrogens with zero attached hydrogens (tertiary/aromatic N) is 2. The van der Waals surface area contributed by atoms with Gasteiger partial charge in [0.25, 0.3) is 0 Å². The summed E-state index contributed by atoms with van der Waals surface area (Å²) in [4.78, 5) is 19.7. The highest BCUT2D eigenvalue weighted by molar-refractivity contribution is 5.85. The van der Waals surface area contributed by atoms with Crippen molar-refractivity contribution in [2.75, 3.05) is 19.6 Å². The summed E-state index contributed by atoms with van der Waals surface area (Å²) in [6.45, 7) is 2.98. The third-order valence-electron chi connectivity index (χ3n) is 5.57. The smallest absolute Gasteiger partial charge is 0.226 e. The van der Waals surface area contributed by atoms with Gasteiger partial charge in [0.2, 0.25) is 5.91 Å². The average molecular weight is 387 g/mol. The van der Waals surface area contributed by atoms with Gasteiger partial charge in [0, 0.05) is 25.3 Å². The standard InChI is InChI=1S/C18H26N4O.2ClH/c19-15-6-10-22(11-13-4-5-13)12-14(15)17(23)21-18(7-8-18)16-3-1-2-9-20-16;;/h1-3,9,13-15H,4-8,10-12,19H2,(H,21,23);2*1H/t14-,15-;;/m1../s1. The van der Waals surface area contributed by atoms with Crippen molar-refractivity contribution < 1.29 is 4.79 Å². The third-order valence-corrected chi connectivity index (χ3v) is 5.57. The third kappa shape index (κ3) is 4.64. The maximum absolute atomic E-state index is 12.8. The number of likely N-dealkylation sites (tertiary alicyclic amines) is 1. The zero-order chi connectivity index (χ0) is 15.9. The summed E-state index contributed by atoms with van der Waals surface area (Å²) in [5, 5.41) is 3.27. The summed E-state index contributed by atoms with van der Waals surface area (Å²) in [6, 6.07) is 5.88. The Balaban J connectivity index is 0.00000113. The first-order valence-corrected chi connectivity index (χ1v) is 8.88. The van der Waals surface area contributed by atoms with Crippen LogP contribution in [0.3, 0.4) is 0 Å². The number of hydrogen-bond acceptors (Lipinski definition) is 4. The van der Waals surface area contributed by atoms with Crippen LogP contribution in [0.2, 0.25) is 0 Å². The lowest BCUT2D eigenvalue weighted by Gasteiger charge is -2.36. The van der Waals surface area contributed by atoms with Crippen LogP contribution in [-0.2, 0) is 10.3 Å². The van der Waals surface area contributed by atoms with Gasteiger partial charge in [-0.15, -0.1) is 24.8 Å². The summed E-state index contributed by atoms with van der Waals surface area (Å²) < 4.78 is 0. The minimum atomic E-state index is -0.239. The van der Waals surface area contributed by atoms with Crippen LogP contribution in [0.25, 0.3) is 0 Å². The van der Waals surface area contributed by atoms with Crippen LogP contribution in [0.15, 0.2) is 24.4 Å². The molecule has 2 saturated carbocycles. The van der Waals surface area contributed by atoms with E-state index in [9.17, 15) is 4.79 Å². The Morgan fingerprint density at radius 1 is 1.28 bits per heavy atom. The molecule has 0 radical (unpaired) electrons. The predicted molar refractivity (Wildman–Crippen MR) is 103 cm³/mol. The Bertz CT molecular complexity index is 578. The van der Waals surface area contributed by atoms with Gasteiger partial charge in [-0.3, -0.25) is 9.78 Å². The Morgan fingerprint density at radius 3 is 2.64 bits per heavy atom. The summed E-state index contributed by atoms with van der Waals surface area (Å²) in [5.74, 6) is 0.876. The number of halogens is 2. The average Bonchev–Trinajstić information content (AvgIpc) is 3.47. The number of carbonyl (C=O) groups excluding carboxylic acids is 1. The van der Waals surface area contributed by atoms with Crippen molar-refractivity contribution in [2.24, 2.45) is 17.6 Å². The first-order chi connectivity index (χ1) is 11.2. The highest BCUT2D eigenvalue weighted by Gasteiger charge is 2.48. The van der Waals surface area contributed by atoms with Gasteiger partial charge in [0.1, 0.15) is 0 Å². The Hall–Kier alpha value is -0.880. The molecule has 1 aromatic heterocycles. The van der Waals surface area contributed by atoms with Crippen LogP contribution >= 0.6 is 24.8 Å². The van der Waals surface area contributed by atoms with Crippen LogP contribution in [0.4, 0.5) is 0 Å². The molecule has 2 atom stereocenters. The molecule has 0 aromatic carbocycles. The number of nitrogens with two attached hydrogens (primary N) is 1. The van der Waals surface area contributed by atoms with E-state index < -0.39 is 0 Å². The molecule has 0 bridgehead atoms. The Labute approximate surface area is 161 Å². The molecule has 3 fully saturated rings. The number of aromatic nitrogens is 1. The minimum Gasteiger partial charge on any atom is -0.345 e. The van der Waals surface area contributed by atoms with Crippen LogP contribution < -0.4 is 11.1 Å². The highest BCUT2D eigenvalue weighted by Crippen LogP contribution is 2.44. The molecule has 1 saturated heterocycles. The molecule has 1 aliphatic heterocycles. The van der Waals surface area contributed by atoms with Crippen molar-refractivity contribution in [1.82, 2.24) is 15.2 Å². The predicted octanol–water partition coefficient (Wildman–Crippen LogP) is 2.09. The Morgan fingerprint density at radius 2 is 2.04 bits per heavy atom. The second-order valence-electron chi connectivity index (χ2n) is 7.55. The van der Waals surface area contributed by atoms with Gasteiger partial charge in [-0.1, -0.05) is 6.07 Å². The quantitative estimate of drug-likeness (QED) is 0.812. The van der Waals surface area contributed by atoms with E-state index in [1.165, 1.54) is 12.8 Å². The first-order valence-electron chi connectivity index (χ1n) is 8.88. The van der Waals surface area contributed by atoms with Crippen LogP contribution in [0.5, 0.6) is 0 Å². The number of pyridine rings is 1. The maximum atomic E-state index is 12.8. The van der Waals surface area contributed by atoms with Crippen LogP contribution in [0, 0.1) is 11.8 Å². The fraction of sp³-hybridized carbons (Fsp3) is 0.667. The SMILES string of the molecule is Cl.Cl.N[C@@H]1CCN(CC2CC2)C[C@H]1C(=O)NC1(c2ccccn2)CC1. The highest BCUT2D eigenvalue weighted by atomic mass is 35.5. The van der Waals surface area contributed by atoms with Crippen LogP contribution in [0.1, 0.15) is 37.8 Å². The number of hydrogen-bond donors (Lipinski definition) is 2. The minimum absolute atomic E-state index is 0. The fourth-order valence-corrected chi connectivity index (χ4v) is 3.69. The van der Waals surface area contributed by atoms with E-state index in [1.54, 1.807) is 6.20 Å². The van der Waals surface area contributed by atoms with Gasteiger partial charge in [0.05, 0.1) is 17.2 Å². The molecule has 140 valence electrons. The Kier molecular flexibility index (Phi) is 6.71. The molecule has 4 rings (SSSR count).